The summed E-state index contributed by atoms with van der Waals surface area (Å²) in [5.74, 6) is -0.636. The maximum Gasteiger partial charge on any atom is 0.475 e. The molecule has 0 rings (SSSR count). The zero-order valence-electron chi connectivity index (χ0n) is 11.2. The number of nitrogens with two attached hydrogens (primary N) is 1. The maximum absolute atomic E-state index is 11.8. The molecule has 0 aromatic heterocycles. The number of hydrogen-bond acceptors (Lipinski definition) is 4. The molecule has 0 aliphatic rings. The molecule has 0 saturated heterocycles. The van der Waals surface area contributed by atoms with E-state index in [0.29, 0.717) is 6.42 Å². The fourth-order valence-corrected chi connectivity index (χ4v) is 1.55. The fourth-order valence-electron chi connectivity index (χ4n) is 1.55. The lowest BCUT2D eigenvalue weighted by Crippen LogP contribution is -2.53. The van der Waals surface area contributed by atoms with Crippen molar-refractivity contribution in [3.63, 3.8) is 0 Å². The van der Waals surface area contributed by atoms with Crippen LogP contribution >= 0.6 is 0 Å². The number of carbonyl (C=O) groups excluding carboxylic acids is 1. The SMILES string of the molecule is CC[C@H](C)[C@H](N)C(=O)N[C@@H](CC(C)C)B(O)O. The minimum Gasteiger partial charge on any atom is -0.426 e. The summed E-state index contributed by atoms with van der Waals surface area (Å²) in [6.45, 7) is 7.77. The largest absolute Gasteiger partial charge is 0.475 e. The number of nitrogens with one attached hydrogen (secondary N) is 1. The molecule has 0 fully saturated rings. The van der Waals surface area contributed by atoms with Gasteiger partial charge in [0.05, 0.1) is 12.0 Å². The van der Waals surface area contributed by atoms with E-state index in [0.717, 1.165) is 6.42 Å². The molecule has 0 radical (unpaired) electrons. The highest BCUT2D eigenvalue weighted by atomic mass is 16.4. The second-order valence-electron chi connectivity index (χ2n) is 5.07. The smallest absolute Gasteiger partial charge is 0.426 e. The summed E-state index contributed by atoms with van der Waals surface area (Å²) in [5.41, 5.74) is 5.78. The normalized spacial score (nSPS) is 16.5. The van der Waals surface area contributed by atoms with Crippen LogP contribution in [-0.2, 0) is 4.79 Å². The molecule has 0 aromatic rings. The zero-order valence-corrected chi connectivity index (χ0v) is 11.2. The van der Waals surface area contributed by atoms with Crippen LogP contribution in [0, 0.1) is 11.8 Å². The van der Waals surface area contributed by atoms with Gasteiger partial charge in [-0.15, -0.1) is 0 Å². The third-order valence-corrected chi connectivity index (χ3v) is 2.97. The Morgan fingerprint density at radius 1 is 1.35 bits per heavy atom. The molecule has 0 heterocycles. The maximum atomic E-state index is 11.8. The van der Waals surface area contributed by atoms with Gasteiger partial charge in [0.2, 0.25) is 5.91 Å². The van der Waals surface area contributed by atoms with Crippen LogP contribution in [0.3, 0.4) is 0 Å². The summed E-state index contributed by atoms with van der Waals surface area (Å²) in [4.78, 5) is 11.8. The van der Waals surface area contributed by atoms with Gasteiger partial charge >= 0.3 is 7.12 Å². The van der Waals surface area contributed by atoms with Crippen molar-refractivity contribution in [2.75, 3.05) is 0 Å². The van der Waals surface area contributed by atoms with Gasteiger partial charge in [-0.1, -0.05) is 34.1 Å². The Hall–Kier alpha value is -0.585. The van der Waals surface area contributed by atoms with E-state index in [1.165, 1.54) is 0 Å². The first kappa shape index (κ1) is 16.4. The van der Waals surface area contributed by atoms with Gasteiger partial charge in [-0.2, -0.15) is 0 Å². The summed E-state index contributed by atoms with van der Waals surface area (Å²) in [6.07, 6.45) is 1.32. The predicted molar refractivity (Wildman–Crippen MR) is 69.0 cm³/mol. The molecule has 0 aliphatic heterocycles. The lowest BCUT2D eigenvalue weighted by molar-refractivity contribution is -0.123. The van der Waals surface area contributed by atoms with Crippen LogP contribution in [0.25, 0.3) is 0 Å². The number of hydrogen-bond donors (Lipinski definition) is 4. The first-order valence-corrected chi connectivity index (χ1v) is 6.21. The van der Waals surface area contributed by atoms with Crippen molar-refractivity contribution in [1.82, 2.24) is 5.32 Å². The lowest BCUT2D eigenvalue weighted by atomic mass is 9.75. The van der Waals surface area contributed by atoms with E-state index in [1.807, 2.05) is 27.7 Å². The van der Waals surface area contributed by atoms with Gasteiger partial charge in [-0.05, 0) is 18.3 Å². The van der Waals surface area contributed by atoms with Crippen LogP contribution in [0.5, 0.6) is 0 Å². The van der Waals surface area contributed by atoms with Gasteiger partial charge in [-0.3, -0.25) is 4.79 Å². The number of amides is 1. The van der Waals surface area contributed by atoms with Gasteiger partial charge in [0, 0.05) is 0 Å². The van der Waals surface area contributed by atoms with Crippen molar-refractivity contribution in [2.24, 2.45) is 17.6 Å². The second kappa shape index (κ2) is 7.69. The standard InChI is InChI=1S/C11H25BN2O3/c1-5-8(4)10(13)11(15)14-9(12(16)17)6-7(2)3/h7-10,16-17H,5-6,13H2,1-4H3,(H,14,15)/t8-,9-,10-/m0/s1. The molecule has 5 N–H and O–H groups in total. The van der Waals surface area contributed by atoms with Crippen molar-refractivity contribution in [3.8, 4) is 0 Å². The van der Waals surface area contributed by atoms with E-state index in [9.17, 15) is 14.8 Å². The molecule has 5 nitrogen and oxygen atoms in total. The summed E-state index contributed by atoms with van der Waals surface area (Å²) in [5, 5.41) is 21.0. The average Bonchev–Trinajstić information content (AvgIpc) is 2.25. The number of rotatable bonds is 7. The number of carbonyl (C=O) groups is 1. The summed E-state index contributed by atoms with van der Waals surface area (Å²) in [7, 11) is -1.55. The quantitative estimate of drug-likeness (QED) is 0.470. The van der Waals surface area contributed by atoms with E-state index in [1.54, 1.807) is 0 Å². The first-order valence-electron chi connectivity index (χ1n) is 6.21. The minimum absolute atomic E-state index is 0.0746. The van der Waals surface area contributed by atoms with Crippen LogP contribution in [0.15, 0.2) is 0 Å². The van der Waals surface area contributed by atoms with Crippen molar-refractivity contribution in [3.05, 3.63) is 0 Å². The highest BCUT2D eigenvalue weighted by Crippen LogP contribution is 2.09. The van der Waals surface area contributed by atoms with Gasteiger partial charge in [-0.25, -0.2) is 0 Å². The van der Waals surface area contributed by atoms with E-state index in [-0.39, 0.29) is 17.7 Å². The summed E-state index contributed by atoms with van der Waals surface area (Å²) < 4.78 is 0. The van der Waals surface area contributed by atoms with Crippen LogP contribution < -0.4 is 11.1 Å². The minimum atomic E-state index is -1.55. The first-order chi connectivity index (χ1) is 7.79. The fraction of sp³-hybridized carbons (Fsp3) is 0.909. The van der Waals surface area contributed by atoms with Crippen LogP contribution in [0.2, 0.25) is 0 Å². The molecule has 3 atom stereocenters. The van der Waals surface area contributed by atoms with E-state index >= 15 is 0 Å². The third-order valence-electron chi connectivity index (χ3n) is 2.97. The molecule has 0 spiro atoms. The van der Waals surface area contributed by atoms with Crippen LogP contribution in [0.4, 0.5) is 0 Å². The van der Waals surface area contributed by atoms with Gasteiger partial charge in [0.25, 0.3) is 0 Å². The van der Waals surface area contributed by atoms with Gasteiger partial charge < -0.3 is 21.1 Å². The second-order valence-corrected chi connectivity index (χ2v) is 5.07. The Balaban J connectivity index is 4.40. The van der Waals surface area contributed by atoms with Crippen molar-refractivity contribution < 1.29 is 14.8 Å². The van der Waals surface area contributed by atoms with Crippen molar-refractivity contribution in [2.45, 2.75) is 52.5 Å². The monoisotopic (exact) mass is 244 g/mol. The molecule has 1 amide bonds. The molecule has 0 bridgehead atoms. The molecule has 6 heteroatoms. The Labute approximate surface area is 104 Å². The van der Waals surface area contributed by atoms with Crippen LogP contribution in [-0.4, -0.2) is 35.1 Å². The van der Waals surface area contributed by atoms with Crippen molar-refractivity contribution >= 4 is 13.0 Å². The molecule has 17 heavy (non-hydrogen) atoms. The highest BCUT2D eigenvalue weighted by molar-refractivity contribution is 6.43. The summed E-state index contributed by atoms with van der Waals surface area (Å²) >= 11 is 0. The van der Waals surface area contributed by atoms with Crippen molar-refractivity contribution in [1.29, 1.82) is 0 Å². The highest BCUT2D eigenvalue weighted by Gasteiger charge is 2.29. The molecule has 0 aromatic carbocycles. The molecule has 0 aliphatic carbocycles. The molecule has 100 valence electrons. The van der Waals surface area contributed by atoms with E-state index < -0.39 is 19.1 Å². The molecule has 0 saturated carbocycles. The average molecular weight is 244 g/mol. The third kappa shape index (κ3) is 6.05. The topological polar surface area (TPSA) is 95.6 Å². The van der Waals surface area contributed by atoms with Gasteiger partial charge in [0.15, 0.2) is 0 Å². The Morgan fingerprint density at radius 3 is 2.24 bits per heavy atom. The zero-order chi connectivity index (χ0) is 13.6. The Kier molecular flexibility index (Phi) is 7.42. The van der Waals surface area contributed by atoms with E-state index in [4.69, 9.17) is 5.73 Å². The molecular weight excluding hydrogens is 219 g/mol. The van der Waals surface area contributed by atoms with Crippen LogP contribution in [0.1, 0.15) is 40.5 Å². The predicted octanol–water partition coefficient (Wildman–Crippen LogP) is -0.0973. The summed E-state index contributed by atoms with van der Waals surface area (Å²) in [6, 6.07) is -0.603. The van der Waals surface area contributed by atoms with Gasteiger partial charge in [0.1, 0.15) is 0 Å². The van der Waals surface area contributed by atoms with E-state index in [2.05, 4.69) is 5.32 Å². The Morgan fingerprint density at radius 2 is 1.88 bits per heavy atom. The molecular formula is C11H25BN2O3. The molecule has 0 unspecified atom stereocenters. The Bertz CT molecular complexity index is 237. The lowest BCUT2D eigenvalue weighted by Gasteiger charge is -2.24.